The van der Waals surface area contributed by atoms with Crippen LogP contribution in [0.4, 0.5) is 0 Å². The van der Waals surface area contributed by atoms with Crippen LogP contribution in [0.2, 0.25) is 5.02 Å². The largest absolute Gasteiger partial charge is 0.292 e. The second kappa shape index (κ2) is 9.16. The van der Waals surface area contributed by atoms with Crippen molar-refractivity contribution in [3.63, 3.8) is 0 Å². The maximum Gasteiger partial charge on any atom is 0.266 e. The zero-order valence-electron chi connectivity index (χ0n) is 16.4. The van der Waals surface area contributed by atoms with Crippen molar-refractivity contribution in [2.75, 3.05) is 12.3 Å². The van der Waals surface area contributed by atoms with E-state index in [9.17, 15) is 13.2 Å². The highest BCUT2D eigenvalue weighted by molar-refractivity contribution is 8.26. The molecule has 0 atom stereocenters. The molecule has 1 aromatic heterocycles. The van der Waals surface area contributed by atoms with Gasteiger partial charge in [-0.05, 0) is 30.3 Å². The number of benzene rings is 2. The average molecular weight is 506 g/mol. The molecule has 0 spiro atoms. The summed E-state index contributed by atoms with van der Waals surface area (Å²) in [6.07, 6.45) is 3.49. The van der Waals surface area contributed by atoms with E-state index in [1.165, 1.54) is 4.90 Å². The number of nitrogens with zero attached hydrogens (tertiary/aromatic N) is 3. The van der Waals surface area contributed by atoms with Crippen LogP contribution in [0.5, 0.6) is 0 Å². The molecule has 0 unspecified atom stereocenters. The summed E-state index contributed by atoms with van der Waals surface area (Å²) in [6, 6.07) is 16.7. The van der Waals surface area contributed by atoms with E-state index in [-0.39, 0.29) is 10.9 Å². The number of carbonyl (C=O) groups is 1. The van der Waals surface area contributed by atoms with Crippen molar-refractivity contribution in [1.29, 1.82) is 0 Å². The Hall–Kier alpha value is -2.50. The Kier molecular flexibility index (Phi) is 6.50. The van der Waals surface area contributed by atoms with Crippen molar-refractivity contribution in [3.05, 3.63) is 76.3 Å². The molecule has 32 heavy (non-hydrogen) atoms. The molecular weight excluding hydrogens is 490 g/mol. The fourth-order valence-electron chi connectivity index (χ4n) is 3.08. The van der Waals surface area contributed by atoms with Gasteiger partial charge >= 0.3 is 0 Å². The third-order valence-corrected chi connectivity index (χ3v) is 6.94. The molecule has 1 N–H and O–H groups in total. The minimum Gasteiger partial charge on any atom is -0.292 e. The number of aromatic nitrogens is 2. The summed E-state index contributed by atoms with van der Waals surface area (Å²) < 4.78 is 33.1. The van der Waals surface area contributed by atoms with Crippen LogP contribution in [0.25, 0.3) is 23.0 Å². The Morgan fingerprint density at radius 3 is 2.47 bits per heavy atom. The van der Waals surface area contributed by atoms with Crippen LogP contribution in [0.3, 0.4) is 0 Å². The van der Waals surface area contributed by atoms with Gasteiger partial charge in [-0.25, -0.2) is 4.68 Å². The van der Waals surface area contributed by atoms with Gasteiger partial charge in [-0.15, -0.1) is 0 Å². The van der Waals surface area contributed by atoms with Gasteiger partial charge in [0.2, 0.25) is 0 Å². The van der Waals surface area contributed by atoms with Crippen molar-refractivity contribution >= 4 is 62.0 Å². The lowest BCUT2D eigenvalue weighted by molar-refractivity contribution is -0.121. The molecule has 1 aliphatic rings. The smallest absolute Gasteiger partial charge is 0.266 e. The molecule has 11 heteroatoms. The van der Waals surface area contributed by atoms with Gasteiger partial charge in [0.05, 0.1) is 22.0 Å². The van der Waals surface area contributed by atoms with E-state index in [1.54, 1.807) is 22.9 Å². The molecule has 0 aliphatic carbocycles. The van der Waals surface area contributed by atoms with Gasteiger partial charge in [-0.3, -0.25) is 14.2 Å². The zero-order chi connectivity index (χ0) is 22.9. The van der Waals surface area contributed by atoms with Gasteiger partial charge in [-0.2, -0.15) is 13.5 Å². The number of hydrogen-bond donors (Lipinski definition) is 1. The molecule has 1 aliphatic heterocycles. The first-order chi connectivity index (χ1) is 15.2. The van der Waals surface area contributed by atoms with Crippen LogP contribution in [-0.4, -0.2) is 50.2 Å². The first-order valence-corrected chi connectivity index (χ1v) is 12.5. The monoisotopic (exact) mass is 505 g/mol. The number of amides is 1. The second-order valence-electron chi connectivity index (χ2n) is 6.84. The maximum atomic E-state index is 12.8. The standard InChI is InChI=1S/C21H16ClN3O4S3/c22-16-8-6-14(7-9-16)19-15(13-25(23-19)17-4-2-1-3-5-17)12-18-20(26)24(21(30)31-18)10-11-32(27,28)29/h1-9,12-13H,10-11H2,(H,27,28,29)/b18-12-. The summed E-state index contributed by atoms with van der Waals surface area (Å²) in [5.41, 5.74) is 3.00. The van der Waals surface area contributed by atoms with Gasteiger partial charge in [0.25, 0.3) is 16.0 Å². The normalized spacial score (nSPS) is 15.7. The molecule has 4 rings (SSSR count). The van der Waals surface area contributed by atoms with Crippen LogP contribution in [-0.2, 0) is 14.9 Å². The van der Waals surface area contributed by atoms with Gasteiger partial charge < -0.3 is 0 Å². The summed E-state index contributed by atoms with van der Waals surface area (Å²) in [4.78, 5) is 14.3. The van der Waals surface area contributed by atoms with E-state index in [0.717, 1.165) is 23.0 Å². The van der Waals surface area contributed by atoms with E-state index in [2.05, 4.69) is 0 Å². The summed E-state index contributed by atoms with van der Waals surface area (Å²) in [5, 5.41) is 5.30. The number of rotatable bonds is 6. The molecule has 1 saturated heterocycles. The molecule has 0 saturated carbocycles. The number of thioether (sulfide) groups is 1. The van der Waals surface area contributed by atoms with Gasteiger partial charge in [-0.1, -0.05) is 65.9 Å². The Bertz CT molecular complexity index is 1320. The Morgan fingerprint density at radius 1 is 1.12 bits per heavy atom. The van der Waals surface area contributed by atoms with Crippen LogP contribution >= 0.6 is 35.6 Å². The van der Waals surface area contributed by atoms with Crippen LogP contribution < -0.4 is 0 Å². The van der Waals surface area contributed by atoms with E-state index in [1.807, 2.05) is 48.7 Å². The van der Waals surface area contributed by atoms with Gasteiger partial charge in [0.15, 0.2) is 0 Å². The molecule has 0 bridgehead atoms. The quantitative estimate of drug-likeness (QED) is 0.303. The SMILES string of the molecule is O=C1/C(=C/c2cn(-c3ccccc3)nc2-c2ccc(Cl)cc2)SC(=S)N1CCS(=O)(=O)O. The lowest BCUT2D eigenvalue weighted by atomic mass is 10.1. The molecule has 2 heterocycles. The average Bonchev–Trinajstić information content (AvgIpc) is 3.28. The van der Waals surface area contributed by atoms with Crippen molar-refractivity contribution in [2.45, 2.75) is 0 Å². The van der Waals surface area contributed by atoms with Crippen molar-refractivity contribution in [1.82, 2.24) is 14.7 Å². The third kappa shape index (κ3) is 5.11. The van der Waals surface area contributed by atoms with E-state index < -0.39 is 21.8 Å². The first-order valence-electron chi connectivity index (χ1n) is 9.33. The van der Waals surface area contributed by atoms with Gasteiger partial charge in [0, 0.05) is 28.9 Å². The molecule has 164 valence electrons. The Balaban J connectivity index is 1.73. The minimum absolute atomic E-state index is 0.214. The fraction of sp³-hybridized carbons (Fsp3) is 0.0952. The lowest BCUT2D eigenvalue weighted by Crippen LogP contribution is -2.32. The zero-order valence-corrected chi connectivity index (χ0v) is 19.6. The number of para-hydroxylation sites is 1. The molecule has 2 aromatic carbocycles. The Morgan fingerprint density at radius 2 is 1.81 bits per heavy atom. The molecule has 3 aromatic rings. The summed E-state index contributed by atoms with van der Waals surface area (Å²) in [5.74, 6) is -1.01. The maximum absolute atomic E-state index is 12.8. The van der Waals surface area contributed by atoms with E-state index in [4.69, 9.17) is 33.5 Å². The highest BCUT2D eigenvalue weighted by atomic mass is 35.5. The predicted molar refractivity (Wildman–Crippen MR) is 130 cm³/mol. The molecule has 7 nitrogen and oxygen atoms in total. The Labute approximate surface area is 199 Å². The van der Waals surface area contributed by atoms with Crippen LogP contribution in [0.1, 0.15) is 5.56 Å². The van der Waals surface area contributed by atoms with E-state index in [0.29, 0.717) is 21.2 Å². The highest BCUT2D eigenvalue weighted by Gasteiger charge is 2.33. The lowest BCUT2D eigenvalue weighted by Gasteiger charge is -2.12. The van der Waals surface area contributed by atoms with Crippen molar-refractivity contribution < 1.29 is 17.8 Å². The van der Waals surface area contributed by atoms with Crippen LogP contribution in [0.15, 0.2) is 65.7 Å². The highest BCUT2D eigenvalue weighted by Crippen LogP contribution is 2.35. The summed E-state index contributed by atoms with van der Waals surface area (Å²) in [6.45, 7) is -0.214. The van der Waals surface area contributed by atoms with Gasteiger partial charge in [0.1, 0.15) is 4.32 Å². The molecular formula is C21H16ClN3O4S3. The second-order valence-corrected chi connectivity index (χ2v) is 10.5. The third-order valence-electron chi connectivity index (χ3n) is 4.61. The van der Waals surface area contributed by atoms with Crippen molar-refractivity contribution in [3.8, 4) is 16.9 Å². The topological polar surface area (TPSA) is 92.5 Å². The van der Waals surface area contributed by atoms with Crippen molar-refractivity contribution in [2.24, 2.45) is 0 Å². The summed E-state index contributed by atoms with van der Waals surface area (Å²) >= 11 is 12.3. The number of hydrogen-bond acceptors (Lipinski definition) is 6. The van der Waals surface area contributed by atoms with Crippen LogP contribution in [0, 0.1) is 0 Å². The number of halogens is 1. The molecule has 1 amide bonds. The van der Waals surface area contributed by atoms with E-state index >= 15 is 0 Å². The molecule has 0 radical (unpaired) electrons. The molecule has 1 fully saturated rings. The number of carbonyl (C=O) groups excluding carboxylic acids is 1. The predicted octanol–water partition coefficient (Wildman–Crippen LogP) is 4.28. The minimum atomic E-state index is -4.21. The number of thiocarbonyl (C=S) groups is 1. The first kappa shape index (κ1) is 22.7. The fourth-order valence-corrected chi connectivity index (χ4v) is 4.92. The summed E-state index contributed by atoms with van der Waals surface area (Å²) in [7, 11) is -4.21.